The minimum atomic E-state index is -0.665. The molecule has 1 N–H and O–H groups in total. The summed E-state index contributed by atoms with van der Waals surface area (Å²) in [5, 5.41) is 3.81. The highest BCUT2D eigenvalue weighted by atomic mass is 35.5. The van der Waals surface area contributed by atoms with E-state index in [2.05, 4.69) is 5.32 Å². The van der Waals surface area contributed by atoms with E-state index in [1.807, 2.05) is 25.1 Å². The van der Waals surface area contributed by atoms with Crippen LogP contribution >= 0.6 is 11.6 Å². The van der Waals surface area contributed by atoms with Gasteiger partial charge in [-0.3, -0.25) is 0 Å². The number of nitrogens with one attached hydrogen (secondary N) is 1. The van der Waals surface area contributed by atoms with Crippen molar-refractivity contribution in [1.29, 1.82) is 0 Å². The number of methoxy groups -OCH3 is 1. The molecule has 3 nitrogen and oxygen atoms in total. The average molecular weight is 226 g/mol. The van der Waals surface area contributed by atoms with Gasteiger partial charge in [-0.2, -0.15) is 0 Å². The Hall–Kier alpha value is -1.22. The molecule has 0 radical (unpaired) electrons. The number of hydrogen-bond donors (Lipinski definition) is 1. The number of benzene rings is 1. The number of esters is 1. The summed E-state index contributed by atoms with van der Waals surface area (Å²) in [5.41, 5.74) is 1.34. The molecule has 1 aromatic rings. The van der Waals surface area contributed by atoms with Crippen LogP contribution in [0.4, 0.5) is 5.69 Å². The molecule has 15 heavy (non-hydrogen) atoms. The summed E-state index contributed by atoms with van der Waals surface area (Å²) in [6.45, 7) is 1.83. The molecule has 1 aromatic carbocycles. The highest BCUT2D eigenvalue weighted by Gasteiger charge is 2.40. The van der Waals surface area contributed by atoms with Crippen LogP contribution in [-0.4, -0.2) is 18.6 Å². The van der Waals surface area contributed by atoms with Crippen molar-refractivity contribution >= 4 is 23.3 Å². The number of fused-ring (bicyclic) bond motifs is 1. The molecule has 0 saturated carbocycles. The first-order valence-electron chi connectivity index (χ1n) is 4.70. The third-order valence-electron chi connectivity index (χ3n) is 2.66. The van der Waals surface area contributed by atoms with Crippen LogP contribution in [0.25, 0.3) is 0 Å². The summed E-state index contributed by atoms with van der Waals surface area (Å²) in [4.78, 5) is 11.6. The van der Waals surface area contributed by atoms with Crippen LogP contribution in [0.2, 0.25) is 5.02 Å². The van der Waals surface area contributed by atoms with Crippen molar-refractivity contribution < 1.29 is 9.53 Å². The lowest BCUT2D eigenvalue weighted by Gasteiger charge is -2.21. The van der Waals surface area contributed by atoms with Crippen molar-refractivity contribution in [2.45, 2.75) is 18.9 Å². The SMILES string of the molecule is COC(=O)C1(C)Cc2ccc(Cl)cc2N1. The molecule has 0 aliphatic carbocycles. The molecule has 4 heteroatoms. The van der Waals surface area contributed by atoms with Gasteiger partial charge in [0.25, 0.3) is 0 Å². The maximum atomic E-state index is 11.6. The Kier molecular flexibility index (Phi) is 2.35. The van der Waals surface area contributed by atoms with E-state index >= 15 is 0 Å². The molecule has 1 unspecified atom stereocenters. The Morgan fingerprint density at radius 2 is 2.33 bits per heavy atom. The van der Waals surface area contributed by atoms with Gasteiger partial charge in [-0.1, -0.05) is 17.7 Å². The third-order valence-corrected chi connectivity index (χ3v) is 2.90. The second-order valence-electron chi connectivity index (χ2n) is 3.93. The minimum Gasteiger partial charge on any atom is -0.467 e. The molecule has 1 heterocycles. The van der Waals surface area contributed by atoms with Gasteiger partial charge in [-0.05, 0) is 24.6 Å². The standard InChI is InChI=1S/C11H12ClNO2/c1-11(10(14)15-2)6-7-3-4-8(12)5-9(7)13-11/h3-5,13H,6H2,1-2H3. The van der Waals surface area contributed by atoms with Crippen molar-refractivity contribution in [3.63, 3.8) is 0 Å². The van der Waals surface area contributed by atoms with E-state index in [-0.39, 0.29) is 5.97 Å². The van der Waals surface area contributed by atoms with E-state index in [1.165, 1.54) is 7.11 Å². The highest BCUT2D eigenvalue weighted by Crippen LogP contribution is 2.34. The van der Waals surface area contributed by atoms with Crippen molar-refractivity contribution in [1.82, 2.24) is 0 Å². The van der Waals surface area contributed by atoms with Crippen LogP contribution in [0, 0.1) is 0 Å². The fourth-order valence-electron chi connectivity index (χ4n) is 1.89. The van der Waals surface area contributed by atoms with Gasteiger partial charge in [-0.15, -0.1) is 0 Å². The first kappa shape index (κ1) is 10.3. The predicted octanol–water partition coefficient (Wildman–Crippen LogP) is 2.24. The zero-order valence-corrected chi connectivity index (χ0v) is 9.39. The molecule has 0 aromatic heterocycles. The summed E-state index contributed by atoms with van der Waals surface area (Å²) in [7, 11) is 1.39. The zero-order chi connectivity index (χ0) is 11.1. The summed E-state index contributed by atoms with van der Waals surface area (Å²) < 4.78 is 4.76. The predicted molar refractivity (Wildman–Crippen MR) is 59.2 cm³/mol. The Bertz CT molecular complexity index is 419. The quantitative estimate of drug-likeness (QED) is 0.745. The second kappa shape index (κ2) is 3.42. The molecule has 1 aliphatic heterocycles. The molecule has 0 bridgehead atoms. The number of anilines is 1. The number of carbonyl (C=O) groups excluding carboxylic acids is 1. The van der Waals surface area contributed by atoms with Gasteiger partial charge < -0.3 is 10.1 Å². The van der Waals surface area contributed by atoms with E-state index in [9.17, 15) is 4.79 Å². The van der Waals surface area contributed by atoms with Crippen LogP contribution in [0.1, 0.15) is 12.5 Å². The molecule has 0 amide bonds. The van der Waals surface area contributed by atoms with E-state index < -0.39 is 5.54 Å². The zero-order valence-electron chi connectivity index (χ0n) is 8.63. The van der Waals surface area contributed by atoms with Gasteiger partial charge in [-0.25, -0.2) is 4.79 Å². The Morgan fingerprint density at radius 1 is 1.60 bits per heavy atom. The molecule has 0 spiro atoms. The molecule has 0 saturated heterocycles. The largest absolute Gasteiger partial charge is 0.467 e. The van der Waals surface area contributed by atoms with E-state index in [4.69, 9.17) is 16.3 Å². The lowest BCUT2D eigenvalue weighted by Crippen LogP contribution is -2.42. The van der Waals surface area contributed by atoms with E-state index in [1.54, 1.807) is 0 Å². The van der Waals surface area contributed by atoms with Crippen molar-refractivity contribution in [3.05, 3.63) is 28.8 Å². The van der Waals surface area contributed by atoms with Gasteiger partial charge >= 0.3 is 5.97 Å². The first-order valence-corrected chi connectivity index (χ1v) is 5.08. The summed E-state index contributed by atoms with van der Waals surface area (Å²) in [5.74, 6) is -0.255. The third kappa shape index (κ3) is 1.67. The van der Waals surface area contributed by atoms with Crippen molar-refractivity contribution in [3.8, 4) is 0 Å². The van der Waals surface area contributed by atoms with Gasteiger partial charge in [0.15, 0.2) is 0 Å². The summed E-state index contributed by atoms with van der Waals surface area (Å²) >= 11 is 5.87. The van der Waals surface area contributed by atoms with Crippen molar-refractivity contribution in [2.24, 2.45) is 0 Å². The van der Waals surface area contributed by atoms with Gasteiger partial charge in [0.2, 0.25) is 0 Å². The average Bonchev–Trinajstić information content (AvgIpc) is 2.53. The molecule has 0 fully saturated rings. The molecular weight excluding hydrogens is 214 g/mol. The lowest BCUT2D eigenvalue weighted by atomic mass is 9.98. The summed E-state index contributed by atoms with van der Waals surface area (Å²) in [6.07, 6.45) is 0.631. The van der Waals surface area contributed by atoms with Crippen LogP contribution < -0.4 is 5.32 Å². The maximum Gasteiger partial charge on any atom is 0.331 e. The van der Waals surface area contributed by atoms with Gasteiger partial charge in [0.05, 0.1) is 7.11 Å². The monoisotopic (exact) mass is 225 g/mol. The molecule has 2 rings (SSSR count). The topological polar surface area (TPSA) is 38.3 Å². The van der Waals surface area contributed by atoms with Crippen LogP contribution in [0.5, 0.6) is 0 Å². The minimum absolute atomic E-state index is 0.255. The maximum absolute atomic E-state index is 11.6. The number of ether oxygens (including phenoxy) is 1. The Labute approximate surface area is 93.4 Å². The first-order chi connectivity index (χ1) is 7.05. The number of hydrogen-bond acceptors (Lipinski definition) is 3. The normalized spacial score (nSPS) is 23.1. The Morgan fingerprint density at radius 3 is 3.00 bits per heavy atom. The molecular formula is C11H12ClNO2. The van der Waals surface area contributed by atoms with Crippen LogP contribution in [-0.2, 0) is 16.0 Å². The number of halogens is 1. The lowest BCUT2D eigenvalue weighted by molar-refractivity contribution is -0.145. The van der Waals surface area contributed by atoms with Crippen molar-refractivity contribution in [2.75, 3.05) is 12.4 Å². The second-order valence-corrected chi connectivity index (χ2v) is 4.36. The van der Waals surface area contributed by atoms with Crippen LogP contribution in [0.3, 0.4) is 0 Å². The fourth-order valence-corrected chi connectivity index (χ4v) is 2.06. The number of rotatable bonds is 1. The van der Waals surface area contributed by atoms with Crippen LogP contribution in [0.15, 0.2) is 18.2 Å². The molecule has 80 valence electrons. The number of carbonyl (C=O) groups is 1. The fraction of sp³-hybridized carbons (Fsp3) is 0.364. The molecule has 1 atom stereocenters. The van der Waals surface area contributed by atoms with Gasteiger partial charge in [0, 0.05) is 17.1 Å². The van der Waals surface area contributed by atoms with E-state index in [0.29, 0.717) is 11.4 Å². The smallest absolute Gasteiger partial charge is 0.331 e. The summed E-state index contributed by atoms with van der Waals surface area (Å²) in [6, 6.07) is 5.58. The van der Waals surface area contributed by atoms with E-state index in [0.717, 1.165) is 11.3 Å². The van der Waals surface area contributed by atoms with Gasteiger partial charge in [0.1, 0.15) is 5.54 Å². The Balaban J connectivity index is 2.32. The highest BCUT2D eigenvalue weighted by molar-refractivity contribution is 6.30. The molecule has 1 aliphatic rings.